The second kappa shape index (κ2) is 4.67. The van der Waals surface area contributed by atoms with Crippen LogP contribution in [-0.4, -0.2) is 43.0 Å². The molecular weight excluding hydrogens is 178 g/mol. The molecule has 0 aromatic heterocycles. The summed E-state index contributed by atoms with van der Waals surface area (Å²) >= 11 is 5.40. The van der Waals surface area contributed by atoms with E-state index in [1.165, 1.54) is 0 Å². The molecule has 0 aromatic carbocycles. The highest BCUT2D eigenvalue weighted by Crippen LogP contribution is 2.12. The van der Waals surface area contributed by atoms with Gasteiger partial charge in [-0.15, -0.1) is 11.6 Å². The molecule has 3 nitrogen and oxygen atoms in total. The van der Waals surface area contributed by atoms with Gasteiger partial charge in [0.2, 0.25) is 5.91 Å². The van der Waals surface area contributed by atoms with Crippen LogP contribution >= 0.6 is 11.6 Å². The Labute approximate surface area is 77.6 Å². The predicted molar refractivity (Wildman–Crippen MR) is 47.3 cm³/mol. The van der Waals surface area contributed by atoms with E-state index in [-0.39, 0.29) is 17.9 Å². The number of carbonyl (C=O) groups is 1. The zero-order chi connectivity index (χ0) is 8.97. The molecule has 0 aromatic rings. The number of amides is 1. The zero-order valence-corrected chi connectivity index (χ0v) is 8.01. The van der Waals surface area contributed by atoms with Crippen LogP contribution in [0.1, 0.15) is 12.8 Å². The van der Waals surface area contributed by atoms with E-state index in [0.29, 0.717) is 6.54 Å². The molecule has 1 aliphatic rings. The average molecular weight is 192 g/mol. The van der Waals surface area contributed by atoms with Crippen LogP contribution < -0.4 is 0 Å². The minimum Gasteiger partial charge on any atom is -0.376 e. The first-order valence-corrected chi connectivity index (χ1v) is 4.69. The Morgan fingerprint density at radius 2 is 2.50 bits per heavy atom. The van der Waals surface area contributed by atoms with Crippen LogP contribution in [0.15, 0.2) is 0 Å². The Kier molecular flexibility index (Phi) is 3.82. The molecule has 0 N–H and O–H groups in total. The number of hydrogen-bond donors (Lipinski definition) is 0. The molecule has 12 heavy (non-hydrogen) atoms. The third kappa shape index (κ3) is 2.64. The maximum absolute atomic E-state index is 11.0. The minimum absolute atomic E-state index is 0.0350. The van der Waals surface area contributed by atoms with Crippen LogP contribution in [0.2, 0.25) is 0 Å². The lowest BCUT2D eigenvalue weighted by atomic mass is 10.2. The van der Waals surface area contributed by atoms with Gasteiger partial charge in [-0.05, 0) is 12.8 Å². The van der Waals surface area contributed by atoms with Gasteiger partial charge in [-0.1, -0.05) is 0 Å². The molecule has 1 fully saturated rings. The van der Waals surface area contributed by atoms with Crippen molar-refractivity contribution in [3.8, 4) is 0 Å². The van der Waals surface area contributed by atoms with E-state index < -0.39 is 0 Å². The van der Waals surface area contributed by atoms with Crippen LogP contribution in [0.5, 0.6) is 0 Å². The SMILES string of the molecule is CN(C[C@H]1CCCO1)C(=O)CCl. The first-order valence-electron chi connectivity index (χ1n) is 4.15. The van der Waals surface area contributed by atoms with Crippen molar-refractivity contribution in [3.05, 3.63) is 0 Å². The van der Waals surface area contributed by atoms with E-state index in [1.807, 2.05) is 0 Å². The third-order valence-electron chi connectivity index (χ3n) is 2.04. The lowest BCUT2D eigenvalue weighted by molar-refractivity contribution is -0.128. The van der Waals surface area contributed by atoms with Gasteiger partial charge in [0.1, 0.15) is 5.88 Å². The molecule has 4 heteroatoms. The molecule has 1 rings (SSSR count). The van der Waals surface area contributed by atoms with Gasteiger partial charge in [-0.2, -0.15) is 0 Å². The number of alkyl halides is 1. The van der Waals surface area contributed by atoms with Crippen molar-refractivity contribution in [3.63, 3.8) is 0 Å². The van der Waals surface area contributed by atoms with E-state index in [2.05, 4.69) is 0 Å². The summed E-state index contributed by atoms with van der Waals surface area (Å²) in [5.74, 6) is 0.0237. The topological polar surface area (TPSA) is 29.5 Å². The summed E-state index contributed by atoms with van der Waals surface area (Å²) < 4.78 is 5.38. The highest BCUT2D eigenvalue weighted by molar-refractivity contribution is 6.27. The number of carbonyl (C=O) groups excluding carboxylic acids is 1. The van der Waals surface area contributed by atoms with E-state index in [1.54, 1.807) is 11.9 Å². The highest BCUT2D eigenvalue weighted by Gasteiger charge is 2.19. The summed E-state index contributed by atoms with van der Waals surface area (Å²) in [6.07, 6.45) is 2.38. The third-order valence-corrected chi connectivity index (χ3v) is 2.27. The average Bonchev–Trinajstić information content (AvgIpc) is 2.55. The summed E-state index contributed by atoms with van der Waals surface area (Å²) in [4.78, 5) is 12.7. The van der Waals surface area contributed by atoms with Gasteiger partial charge in [-0.3, -0.25) is 4.79 Å². The number of halogens is 1. The van der Waals surface area contributed by atoms with Crippen LogP contribution in [0.4, 0.5) is 0 Å². The van der Waals surface area contributed by atoms with E-state index >= 15 is 0 Å². The number of rotatable bonds is 3. The Balaban J connectivity index is 2.24. The van der Waals surface area contributed by atoms with Crippen molar-refractivity contribution in [2.24, 2.45) is 0 Å². The van der Waals surface area contributed by atoms with Crippen LogP contribution in [0, 0.1) is 0 Å². The van der Waals surface area contributed by atoms with Gasteiger partial charge in [0.05, 0.1) is 6.10 Å². The number of hydrogen-bond acceptors (Lipinski definition) is 2. The lowest BCUT2D eigenvalue weighted by Gasteiger charge is -2.19. The molecule has 0 aliphatic carbocycles. The largest absolute Gasteiger partial charge is 0.376 e. The van der Waals surface area contributed by atoms with Crippen molar-refractivity contribution >= 4 is 17.5 Å². The van der Waals surface area contributed by atoms with Crippen LogP contribution in [0.25, 0.3) is 0 Å². The van der Waals surface area contributed by atoms with Gasteiger partial charge in [-0.25, -0.2) is 0 Å². The number of likely N-dealkylation sites (N-methyl/N-ethyl adjacent to an activating group) is 1. The molecule has 1 atom stereocenters. The molecule has 0 spiro atoms. The highest BCUT2D eigenvalue weighted by atomic mass is 35.5. The minimum atomic E-state index is -0.0350. The summed E-state index contributed by atoms with van der Waals surface area (Å²) in [5, 5.41) is 0. The molecule has 0 unspecified atom stereocenters. The van der Waals surface area contributed by atoms with E-state index in [0.717, 1.165) is 19.4 Å². The molecule has 0 bridgehead atoms. The fourth-order valence-corrected chi connectivity index (χ4v) is 1.50. The van der Waals surface area contributed by atoms with Crippen molar-refractivity contribution in [1.82, 2.24) is 4.90 Å². The summed E-state index contributed by atoms with van der Waals surface area (Å²) in [6, 6.07) is 0. The van der Waals surface area contributed by atoms with Crippen molar-refractivity contribution in [1.29, 1.82) is 0 Å². The Morgan fingerprint density at radius 1 is 1.75 bits per heavy atom. The molecule has 1 aliphatic heterocycles. The number of ether oxygens (including phenoxy) is 1. The molecule has 0 radical (unpaired) electrons. The van der Waals surface area contributed by atoms with Crippen molar-refractivity contribution in [2.45, 2.75) is 18.9 Å². The Morgan fingerprint density at radius 3 is 3.00 bits per heavy atom. The summed E-state index contributed by atoms with van der Waals surface area (Å²) in [5.41, 5.74) is 0. The maximum Gasteiger partial charge on any atom is 0.237 e. The quantitative estimate of drug-likeness (QED) is 0.620. The lowest BCUT2D eigenvalue weighted by Crippen LogP contribution is -2.34. The molecule has 70 valence electrons. The second-order valence-corrected chi connectivity index (χ2v) is 3.31. The normalized spacial score (nSPS) is 22.7. The monoisotopic (exact) mass is 191 g/mol. The van der Waals surface area contributed by atoms with Gasteiger partial charge in [0, 0.05) is 20.2 Å². The van der Waals surface area contributed by atoms with Gasteiger partial charge in [0.15, 0.2) is 0 Å². The van der Waals surface area contributed by atoms with Gasteiger partial charge >= 0.3 is 0 Å². The summed E-state index contributed by atoms with van der Waals surface area (Å²) in [6.45, 7) is 1.50. The Hall–Kier alpha value is -0.280. The number of nitrogens with zero attached hydrogens (tertiary/aromatic N) is 1. The van der Waals surface area contributed by atoms with Crippen LogP contribution in [0.3, 0.4) is 0 Å². The van der Waals surface area contributed by atoms with Crippen molar-refractivity contribution < 1.29 is 9.53 Å². The molecular formula is C8H14ClNO2. The fourth-order valence-electron chi connectivity index (χ4n) is 1.30. The molecule has 1 amide bonds. The van der Waals surface area contributed by atoms with E-state index in [9.17, 15) is 4.79 Å². The van der Waals surface area contributed by atoms with Crippen LogP contribution in [-0.2, 0) is 9.53 Å². The fraction of sp³-hybridized carbons (Fsp3) is 0.875. The summed E-state index contributed by atoms with van der Waals surface area (Å²) in [7, 11) is 1.76. The van der Waals surface area contributed by atoms with Gasteiger partial charge < -0.3 is 9.64 Å². The standard InChI is InChI=1S/C8H14ClNO2/c1-10(8(11)5-9)6-7-3-2-4-12-7/h7H,2-6H2,1H3/t7-/m1/s1. The molecule has 0 saturated carbocycles. The maximum atomic E-state index is 11.0. The smallest absolute Gasteiger partial charge is 0.237 e. The zero-order valence-electron chi connectivity index (χ0n) is 7.25. The molecule has 1 saturated heterocycles. The van der Waals surface area contributed by atoms with Gasteiger partial charge in [0.25, 0.3) is 0 Å². The molecule has 1 heterocycles. The Bertz CT molecular complexity index is 157. The first kappa shape index (κ1) is 9.81. The first-order chi connectivity index (χ1) is 5.74. The second-order valence-electron chi connectivity index (χ2n) is 3.04. The van der Waals surface area contributed by atoms with Crippen molar-refractivity contribution in [2.75, 3.05) is 26.1 Å². The predicted octanol–water partition coefficient (Wildman–Crippen LogP) is 0.863. The van der Waals surface area contributed by atoms with E-state index in [4.69, 9.17) is 16.3 Å².